The number of rotatable bonds is 7. The van der Waals surface area contributed by atoms with Crippen molar-refractivity contribution in [1.82, 2.24) is 15.2 Å². The van der Waals surface area contributed by atoms with Crippen LogP contribution in [0.3, 0.4) is 0 Å². The summed E-state index contributed by atoms with van der Waals surface area (Å²) >= 11 is 6.09. The molecule has 0 saturated carbocycles. The zero-order valence-corrected chi connectivity index (χ0v) is 17.8. The maximum Gasteiger partial charge on any atom is 0.257 e. The van der Waals surface area contributed by atoms with Gasteiger partial charge in [-0.3, -0.25) is 4.79 Å². The van der Waals surface area contributed by atoms with Crippen LogP contribution in [0.2, 0.25) is 5.02 Å². The van der Waals surface area contributed by atoms with Gasteiger partial charge in [0.05, 0.1) is 16.3 Å². The number of amides is 1. The lowest BCUT2D eigenvalue weighted by Gasteiger charge is -2.08. The van der Waals surface area contributed by atoms with Gasteiger partial charge in [0, 0.05) is 6.54 Å². The maximum absolute atomic E-state index is 14.3. The van der Waals surface area contributed by atoms with Crippen LogP contribution in [0.4, 0.5) is 4.39 Å². The molecule has 0 aliphatic carbocycles. The molecule has 0 spiro atoms. The Bertz CT molecular complexity index is 1160. The molecule has 7 nitrogen and oxygen atoms in total. The smallest absolute Gasteiger partial charge is 0.257 e. The molecule has 0 saturated heterocycles. The minimum absolute atomic E-state index is 0.00346. The number of benzene rings is 2. The van der Waals surface area contributed by atoms with Gasteiger partial charge in [0.1, 0.15) is 22.8 Å². The van der Waals surface area contributed by atoms with Crippen LogP contribution in [0.1, 0.15) is 27.2 Å². The number of hydrogen-bond donors (Lipinski definition) is 2. The Balaban J connectivity index is 1.76. The molecule has 1 aromatic heterocycles. The van der Waals surface area contributed by atoms with E-state index >= 15 is 0 Å². The van der Waals surface area contributed by atoms with E-state index in [1.54, 1.807) is 31.2 Å². The predicted octanol–water partition coefficient (Wildman–Crippen LogP) is 3.42. The van der Waals surface area contributed by atoms with Crippen molar-refractivity contribution in [3.05, 3.63) is 75.8 Å². The summed E-state index contributed by atoms with van der Waals surface area (Å²) in [5.74, 6) is -1.01. The Morgan fingerprint density at radius 1 is 1.17 bits per heavy atom. The summed E-state index contributed by atoms with van der Waals surface area (Å²) < 4.78 is 44.9. The first-order chi connectivity index (χ1) is 14.2. The monoisotopic (exact) mass is 451 g/mol. The van der Waals surface area contributed by atoms with E-state index in [9.17, 15) is 17.6 Å². The Morgan fingerprint density at radius 3 is 2.47 bits per heavy atom. The summed E-state index contributed by atoms with van der Waals surface area (Å²) in [5.41, 5.74) is 1.50. The fourth-order valence-corrected chi connectivity index (χ4v) is 3.88. The Hall–Kier alpha value is -2.75. The van der Waals surface area contributed by atoms with Crippen molar-refractivity contribution in [1.29, 1.82) is 0 Å². The van der Waals surface area contributed by atoms with Crippen LogP contribution in [-0.2, 0) is 22.3 Å². The molecule has 0 radical (unpaired) electrons. The first-order valence-electron chi connectivity index (χ1n) is 8.89. The molecule has 0 aliphatic rings. The molecule has 2 aromatic carbocycles. The molecule has 0 unspecified atom stereocenters. The molecule has 1 amide bonds. The van der Waals surface area contributed by atoms with Gasteiger partial charge >= 0.3 is 0 Å². The number of sulfonamides is 1. The third-order valence-corrected chi connectivity index (χ3v) is 6.08. The van der Waals surface area contributed by atoms with Crippen molar-refractivity contribution in [2.75, 3.05) is 7.05 Å². The lowest BCUT2D eigenvalue weighted by atomic mass is 10.0. The third-order valence-electron chi connectivity index (χ3n) is 4.43. The van der Waals surface area contributed by atoms with E-state index in [2.05, 4.69) is 15.2 Å². The van der Waals surface area contributed by atoms with E-state index in [0.29, 0.717) is 5.56 Å². The molecule has 3 aromatic rings. The van der Waals surface area contributed by atoms with Crippen LogP contribution in [0, 0.1) is 12.7 Å². The summed E-state index contributed by atoms with van der Waals surface area (Å²) in [7, 11) is -2.01. The molecular formula is C20H19ClFN3O4S. The topological polar surface area (TPSA) is 101 Å². The average molecular weight is 452 g/mol. The van der Waals surface area contributed by atoms with E-state index in [1.165, 1.54) is 25.2 Å². The highest BCUT2D eigenvalue weighted by Crippen LogP contribution is 2.33. The van der Waals surface area contributed by atoms with Crippen molar-refractivity contribution >= 4 is 27.5 Å². The third kappa shape index (κ3) is 4.86. The van der Waals surface area contributed by atoms with Gasteiger partial charge in [-0.2, -0.15) is 0 Å². The number of carbonyl (C=O) groups is 1. The molecule has 158 valence electrons. The number of hydrogen-bond acceptors (Lipinski definition) is 5. The van der Waals surface area contributed by atoms with Gasteiger partial charge in [-0.25, -0.2) is 17.5 Å². The summed E-state index contributed by atoms with van der Waals surface area (Å²) in [6, 6.07) is 11.0. The van der Waals surface area contributed by atoms with Crippen LogP contribution < -0.4 is 10.0 Å². The number of aromatic nitrogens is 1. The highest BCUT2D eigenvalue weighted by atomic mass is 35.5. The Labute approximate surface area is 178 Å². The number of aryl methyl sites for hydroxylation is 1. The predicted molar refractivity (Wildman–Crippen MR) is 111 cm³/mol. The van der Waals surface area contributed by atoms with Gasteiger partial charge in [-0.15, -0.1) is 0 Å². The Morgan fingerprint density at radius 2 is 1.83 bits per heavy atom. The minimum atomic E-state index is -3.36. The summed E-state index contributed by atoms with van der Waals surface area (Å²) in [5, 5.41) is 6.66. The summed E-state index contributed by atoms with van der Waals surface area (Å²) in [4.78, 5) is 12.7. The fourth-order valence-electron chi connectivity index (χ4n) is 2.85. The van der Waals surface area contributed by atoms with Gasteiger partial charge in [-0.05, 0) is 37.2 Å². The lowest BCUT2D eigenvalue weighted by molar-refractivity contribution is 0.0950. The molecule has 3 rings (SSSR count). The molecule has 0 fully saturated rings. The normalized spacial score (nSPS) is 11.5. The molecule has 0 bridgehead atoms. The standard InChI is InChI=1S/C20H19ClFN3O4S/c1-12-17(19(25-29-12)18-15(21)4-3-5-16(18)22)20(26)24-10-13-6-8-14(9-7-13)11-30(27,28)23-2/h3-9,23H,10-11H2,1-2H3,(H,24,26). The number of carbonyl (C=O) groups excluding carboxylic acids is 1. The second kappa shape index (κ2) is 8.95. The first kappa shape index (κ1) is 21.9. The zero-order valence-electron chi connectivity index (χ0n) is 16.2. The van der Waals surface area contributed by atoms with E-state index < -0.39 is 21.7 Å². The molecule has 30 heavy (non-hydrogen) atoms. The van der Waals surface area contributed by atoms with Gasteiger partial charge in [0.2, 0.25) is 10.0 Å². The molecule has 0 atom stereocenters. The van der Waals surface area contributed by atoms with Crippen molar-refractivity contribution in [3.63, 3.8) is 0 Å². The van der Waals surface area contributed by atoms with Gasteiger partial charge < -0.3 is 9.84 Å². The molecule has 1 heterocycles. The van der Waals surface area contributed by atoms with Crippen LogP contribution in [-0.4, -0.2) is 26.5 Å². The molecule has 2 N–H and O–H groups in total. The fraction of sp³-hybridized carbons (Fsp3) is 0.200. The highest BCUT2D eigenvalue weighted by molar-refractivity contribution is 7.88. The van der Waals surface area contributed by atoms with E-state index in [1.807, 2.05) is 0 Å². The first-order valence-corrected chi connectivity index (χ1v) is 10.9. The molecular weight excluding hydrogens is 433 g/mol. The molecule has 10 heteroatoms. The maximum atomic E-state index is 14.3. The minimum Gasteiger partial charge on any atom is -0.360 e. The van der Waals surface area contributed by atoms with Crippen molar-refractivity contribution in [2.24, 2.45) is 0 Å². The van der Waals surface area contributed by atoms with Crippen LogP contribution in [0.5, 0.6) is 0 Å². The summed E-state index contributed by atoms with van der Waals surface area (Å²) in [6.45, 7) is 1.73. The van der Waals surface area contributed by atoms with Crippen molar-refractivity contribution in [3.8, 4) is 11.3 Å². The van der Waals surface area contributed by atoms with E-state index in [-0.39, 0.29) is 39.9 Å². The van der Waals surface area contributed by atoms with Crippen LogP contribution in [0.15, 0.2) is 47.0 Å². The number of nitrogens with one attached hydrogen (secondary N) is 2. The van der Waals surface area contributed by atoms with Crippen molar-refractivity contribution in [2.45, 2.75) is 19.2 Å². The molecule has 0 aliphatic heterocycles. The van der Waals surface area contributed by atoms with E-state index in [4.69, 9.17) is 16.1 Å². The van der Waals surface area contributed by atoms with Gasteiger partial charge in [0.25, 0.3) is 5.91 Å². The average Bonchev–Trinajstić information content (AvgIpc) is 3.08. The van der Waals surface area contributed by atoms with Crippen molar-refractivity contribution < 1.29 is 22.1 Å². The van der Waals surface area contributed by atoms with Crippen LogP contribution >= 0.6 is 11.6 Å². The van der Waals surface area contributed by atoms with Crippen LogP contribution in [0.25, 0.3) is 11.3 Å². The second-order valence-electron chi connectivity index (χ2n) is 6.52. The largest absolute Gasteiger partial charge is 0.360 e. The van der Waals surface area contributed by atoms with Gasteiger partial charge in [0.15, 0.2) is 0 Å². The Kier molecular flexibility index (Phi) is 6.55. The SMILES string of the molecule is CNS(=O)(=O)Cc1ccc(CNC(=O)c2c(-c3c(F)cccc3Cl)noc2C)cc1. The lowest BCUT2D eigenvalue weighted by Crippen LogP contribution is -2.24. The number of nitrogens with zero attached hydrogens (tertiary/aromatic N) is 1. The second-order valence-corrected chi connectivity index (χ2v) is 8.86. The van der Waals surface area contributed by atoms with Gasteiger partial charge in [-0.1, -0.05) is 47.1 Å². The number of halogens is 2. The quantitative estimate of drug-likeness (QED) is 0.573. The highest BCUT2D eigenvalue weighted by Gasteiger charge is 2.25. The summed E-state index contributed by atoms with van der Waals surface area (Å²) in [6.07, 6.45) is 0. The van der Waals surface area contributed by atoms with E-state index in [0.717, 1.165) is 5.56 Å². The zero-order chi connectivity index (χ0) is 21.9.